The molecule has 2 rings (SSSR count). The predicted molar refractivity (Wildman–Crippen MR) is 102 cm³/mol. The average molecular weight is 376 g/mol. The van der Waals surface area contributed by atoms with Gasteiger partial charge in [-0.15, -0.1) is 0 Å². The molecule has 0 amide bonds. The van der Waals surface area contributed by atoms with Crippen molar-refractivity contribution in [3.63, 3.8) is 0 Å². The van der Waals surface area contributed by atoms with E-state index in [0.717, 1.165) is 16.5 Å². The van der Waals surface area contributed by atoms with Crippen LogP contribution in [0.2, 0.25) is 5.02 Å². The van der Waals surface area contributed by atoms with Crippen LogP contribution in [0, 0.1) is 18.8 Å². The van der Waals surface area contributed by atoms with Gasteiger partial charge in [-0.1, -0.05) is 65.4 Å². The van der Waals surface area contributed by atoms with Gasteiger partial charge in [-0.3, -0.25) is 0 Å². The number of nitrogens with one attached hydrogen (secondary N) is 1. The highest BCUT2D eigenvalue weighted by Crippen LogP contribution is 2.22. The summed E-state index contributed by atoms with van der Waals surface area (Å²) in [6.45, 7) is 2.11. The Morgan fingerprint density at radius 3 is 2.56 bits per heavy atom. The third-order valence-corrected chi connectivity index (χ3v) is 4.49. The maximum Gasteiger partial charge on any atom is 0.234 e. The van der Waals surface area contributed by atoms with E-state index < -0.39 is 10.0 Å². The van der Waals surface area contributed by atoms with Crippen LogP contribution in [0.5, 0.6) is 5.75 Å². The van der Waals surface area contributed by atoms with Gasteiger partial charge in [0.15, 0.2) is 0 Å². The fourth-order valence-corrected chi connectivity index (χ4v) is 2.72. The third kappa shape index (κ3) is 7.02. The highest BCUT2D eigenvalue weighted by molar-refractivity contribution is 7.92. The quantitative estimate of drug-likeness (QED) is 0.784. The van der Waals surface area contributed by atoms with Gasteiger partial charge in [-0.05, 0) is 30.7 Å². The zero-order valence-corrected chi connectivity index (χ0v) is 15.3. The van der Waals surface area contributed by atoms with Crippen LogP contribution in [-0.2, 0) is 10.0 Å². The largest absolute Gasteiger partial charge is 0.479 e. The van der Waals surface area contributed by atoms with Crippen molar-refractivity contribution >= 4 is 27.7 Å². The minimum Gasteiger partial charge on any atom is -0.479 e. The second kappa shape index (κ2) is 9.28. The summed E-state index contributed by atoms with van der Waals surface area (Å²) < 4.78 is 31.5. The Balaban J connectivity index is 1.78. The van der Waals surface area contributed by atoms with Gasteiger partial charge < -0.3 is 4.74 Å². The van der Waals surface area contributed by atoms with Gasteiger partial charge in [0.25, 0.3) is 0 Å². The van der Waals surface area contributed by atoms with Gasteiger partial charge in [0.2, 0.25) is 10.0 Å². The normalized spacial score (nSPS) is 11.1. The van der Waals surface area contributed by atoms with E-state index in [-0.39, 0.29) is 13.2 Å². The van der Waals surface area contributed by atoms with Crippen molar-refractivity contribution in [3.05, 3.63) is 70.1 Å². The Morgan fingerprint density at radius 2 is 1.84 bits per heavy atom. The number of para-hydroxylation sites is 1. The molecule has 0 radical (unpaired) electrons. The summed E-state index contributed by atoms with van der Waals surface area (Å²) in [5.41, 5.74) is 1.93. The summed E-state index contributed by atoms with van der Waals surface area (Å²) in [5.74, 6) is 5.97. The number of sulfonamides is 1. The monoisotopic (exact) mass is 375 g/mol. The molecule has 2 aromatic rings. The van der Waals surface area contributed by atoms with Crippen molar-refractivity contribution in [2.75, 3.05) is 13.2 Å². The van der Waals surface area contributed by atoms with E-state index in [0.29, 0.717) is 10.8 Å². The first-order chi connectivity index (χ1) is 12.0. The predicted octanol–water partition coefficient (Wildman–Crippen LogP) is 3.62. The Hall–Kier alpha value is -2.26. The number of hydrogen-bond acceptors (Lipinski definition) is 3. The van der Waals surface area contributed by atoms with E-state index in [2.05, 4.69) is 16.6 Å². The summed E-state index contributed by atoms with van der Waals surface area (Å²) in [4.78, 5) is 0. The first-order valence-electron chi connectivity index (χ1n) is 7.54. The number of aryl methyl sites for hydroxylation is 1. The molecule has 4 nitrogen and oxygen atoms in total. The van der Waals surface area contributed by atoms with E-state index in [9.17, 15) is 8.42 Å². The molecule has 0 saturated heterocycles. The van der Waals surface area contributed by atoms with E-state index >= 15 is 0 Å². The molecule has 0 aliphatic rings. The van der Waals surface area contributed by atoms with E-state index in [1.807, 2.05) is 37.3 Å². The molecular weight excluding hydrogens is 358 g/mol. The van der Waals surface area contributed by atoms with Gasteiger partial charge in [0, 0.05) is 5.41 Å². The summed E-state index contributed by atoms with van der Waals surface area (Å²) in [5, 5.41) is 1.63. The molecule has 0 aromatic heterocycles. The molecule has 0 aliphatic carbocycles. The maximum absolute atomic E-state index is 11.9. The molecule has 25 heavy (non-hydrogen) atoms. The van der Waals surface area contributed by atoms with E-state index in [1.165, 1.54) is 6.08 Å². The lowest BCUT2D eigenvalue weighted by Crippen LogP contribution is -2.21. The molecule has 6 heteroatoms. The first-order valence-corrected chi connectivity index (χ1v) is 9.46. The zero-order chi connectivity index (χ0) is 18.1. The number of hydrogen-bond donors (Lipinski definition) is 1. The molecule has 0 aliphatic heterocycles. The summed E-state index contributed by atoms with van der Waals surface area (Å²) in [7, 11) is -3.53. The molecule has 1 N–H and O–H groups in total. The van der Waals surface area contributed by atoms with Crippen LogP contribution in [-0.4, -0.2) is 21.6 Å². The van der Waals surface area contributed by atoms with Crippen LogP contribution in [0.4, 0.5) is 0 Å². The number of benzene rings is 2. The Bertz CT molecular complexity index is 894. The SMILES string of the molecule is Cc1ccc(/C=C/S(=O)(=O)NCC#CCOc2ccccc2Cl)cc1. The molecule has 0 atom stereocenters. The summed E-state index contributed by atoms with van der Waals surface area (Å²) in [6.07, 6.45) is 1.54. The highest BCUT2D eigenvalue weighted by Gasteiger charge is 2.02. The van der Waals surface area contributed by atoms with Gasteiger partial charge in [-0.25, -0.2) is 8.42 Å². The second-order valence-electron chi connectivity index (χ2n) is 5.15. The fourth-order valence-electron chi connectivity index (χ4n) is 1.82. The van der Waals surface area contributed by atoms with Crippen LogP contribution in [0.3, 0.4) is 0 Å². The molecule has 0 bridgehead atoms. The Morgan fingerprint density at radius 1 is 1.12 bits per heavy atom. The third-order valence-electron chi connectivity index (χ3n) is 3.14. The fraction of sp³-hybridized carbons (Fsp3) is 0.158. The number of halogens is 1. The lowest BCUT2D eigenvalue weighted by Gasteiger charge is -2.03. The highest BCUT2D eigenvalue weighted by atomic mass is 35.5. The molecule has 130 valence electrons. The van der Waals surface area contributed by atoms with Gasteiger partial charge in [0.1, 0.15) is 12.4 Å². The molecule has 2 aromatic carbocycles. The van der Waals surface area contributed by atoms with Crippen molar-refractivity contribution in [2.24, 2.45) is 0 Å². The lowest BCUT2D eigenvalue weighted by molar-refractivity contribution is 0.370. The Labute approximate surface area is 153 Å². The smallest absolute Gasteiger partial charge is 0.234 e. The first kappa shape index (κ1) is 19.1. The molecule has 0 fully saturated rings. The van der Waals surface area contributed by atoms with Gasteiger partial charge in [0.05, 0.1) is 11.6 Å². The van der Waals surface area contributed by atoms with E-state index in [1.54, 1.807) is 18.2 Å². The number of ether oxygens (including phenoxy) is 1. The Kier molecular flexibility index (Phi) is 7.08. The standard InChI is InChI=1S/C19H18ClNO3S/c1-16-8-10-17(11-9-16)12-15-25(22,23)21-13-4-5-14-24-19-7-3-2-6-18(19)20/h2-3,6-12,15,21H,13-14H2,1H3/b15-12+. The van der Waals surface area contributed by atoms with Crippen LogP contribution in [0.25, 0.3) is 6.08 Å². The molecule has 0 unspecified atom stereocenters. The minimum atomic E-state index is -3.53. The zero-order valence-electron chi connectivity index (χ0n) is 13.7. The topological polar surface area (TPSA) is 55.4 Å². The van der Waals surface area contributed by atoms with Crippen molar-refractivity contribution in [1.82, 2.24) is 4.72 Å². The molecule has 0 spiro atoms. The van der Waals surface area contributed by atoms with Crippen molar-refractivity contribution < 1.29 is 13.2 Å². The van der Waals surface area contributed by atoms with E-state index in [4.69, 9.17) is 16.3 Å². The molecular formula is C19H18ClNO3S. The van der Waals surface area contributed by atoms with Gasteiger partial charge in [-0.2, -0.15) is 4.72 Å². The van der Waals surface area contributed by atoms with Gasteiger partial charge >= 0.3 is 0 Å². The van der Waals surface area contributed by atoms with Crippen LogP contribution < -0.4 is 9.46 Å². The molecule has 0 heterocycles. The lowest BCUT2D eigenvalue weighted by atomic mass is 10.2. The molecule has 0 saturated carbocycles. The second-order valence-corrected chi connectivity index (χ2v) is 7.21. The summed E-state index contributed by atoms with van der Waals surface area (Å²) in [6, 6.07) is 14.6. The van der Waals surface area contributed by atoms with Crippen LogP contribution in [0.15, 0.2) is 53.9 Å². The van der Waals surface area contributed by atoms with Crippen molar-refractivity contribution in [1.29, 1.82) is 0 Å². The minimum absolute atomic E-state index is 0.00640. The van der Waals surface area contributed by atoms with Crippen LogP contribution in [0.1, 0.15) is 11.1 Å². The van der Waals surface area contributed by atoms with Crippen molar-refractivity contribution in [3.8, 4) is 17.6 Å². The maximum atomic E-state index is 11.9. The average Bonchev–Trinajstić information content (AvgIpc) is 2.59. The summed E-state index contributed by atoms with van der Waals surface area (Å²) >= 11 is 5.95. The van der Waals surface area contributed by atoms with Crippen molar-refractivity contribution in [2.45, 2.75) is 6.92 Å². The number of rotatable bonds is 6. The van der Waals surface area contributed by atoms with Crippen LogP contribution >= 0.6 is 11.6 Å².